The Kier molecular flexibility index (Phi) is 8.41. The topological polar surface area (TPSA) is 84.9 Å². The number of dihydropyridines is 1. The zero-order valence-electron chi connectivity index (χ0n) is 21.9. The van der Waals surface area contributed by atoms with Crippen LogP contribution in [0.3, 0.4) is 0 Å². The Morgan fingerprint density at radius 1 is 1.14 bits per heavy atom. The van der Waals surface area contributed by atoms with E-state index in [-0.39, 0.29) is 17.8 Å². The minimum absolute atomic E-state index is 0.215. The molecular formula is C28H38N2O5. The van der Waals surface area contributed by atoms with Crippen LogP contribution in [0, 0.1) is 11.8 Å². The van der Waals surface area contributed by atoms with Gasteiger partial charge in [-0.1, -0.05) is 26.0 Å². The highest BCUT2D eigenvalue weighted by atomic mass is 16.5. The van der Waals surface area contributed by atoms with E-state index in [0.29, 0.717) is 29.7 Å². The van der Waals surface area contributed by atoms with E-state index in [1.54, 1.807) is 0 Å². The first-order valence-corrected chi connectivity index (χ1v) is 12.6. The van der Waals surface area contributed by atoms with Gasteiger partial charge >= 0.3 is 11.9 Å². The molecule has 3 rings (SSSR count). The van der Waals surface area contributed by atoms with Gasteiger partial charge in [-0.2, -0.15) is 0 Å². The SMILES string of the molecule is CC[C@H](C)OC(=O)C1=C(C)NC2=C(C(=O)[C@H](C(=O)OC)[C@@H](C)C2)[C@@H]1c1ccc(N(CC)CC)cc1. The van der Waals surface area contributed by atoms with Gasteiger partial charge in [0.25, 0.3) is 0 Å². The summed E-state index contributed by atoms with van der Waals surface area (Å²) in [6, 6.07) is 7.98. The van der Waals surface area contributed by atoms with Gasteiger partial charge in [-0.05, 0) is 64.2 Å². The second kappa shape index (κ2) is 11.1. The second-order valence-corrected chi connectivity index (χ2v) is 9.42. The van der Waals surface area contributed by atoms with E-state index in [1.165, 1.54) is 7.11 Å². The standard InChI is InChI=1S/C28H38N2O5/c1-8-17(5)35-28(33)23-18(6)29-21-15-16(4)22(27(32)34-7)26(31)25(21)24(23)19-11-13-20(14-12-19)30(9-2)10-3/h11-14,16-17,22,24,29H,8-10,15H2,1-7H3/t16-,17-,22+,24+/m0/s1. The number of carbonyl (C=O) groups excluding carboxylic acids is 3. The lowest BCUT2D eigenvalue weighted by atomic mass is 9.69. The number of ether oxygens (including phenoxy) is 2. The Labute approximate surface area is 208 Å². The first kappa shape index (κ1) is 26.5. The minimum atomic E-state index is -0.900. The molecule has 0 fully saturated rings. The number of benzene rings is 1. The average Bonchev–Trinajstić information content (AvgIpc) is 2.83. The summed E-state index contributed by atoms with van der Waals surface area (Å²) in [7, 11) is 1.30. The summed E-state index contributed by atoms with van der Waals surface area (Å²) in [5.41, 5.74) is 4.19. The van der Waals surface area contributed by atoms with Gasteiger partial charge in [0, 0.05) is 41.7 Å². The molecule has 1 aliphatic heterocycles. The molecule has 0 saturated carbocycles. The molecule has 190 valence electrons. The fourth-order valence-electron chi connectivity index (χ4n) is 5.08. The van der Waals surface area contributed by atoms with E-state index in [1.807, 2.05) is 52.0 Å². The van der Waals surface area contributed by atoms with Crippen LogP contribution in [0.1, 0.15) is 65.9 Å². The molecule has 7 heteroatoms. The van der Waals surface area contributed by atoms with Crippen molar-refractivity contribution < 1.29 is 23.9 Å². The number of ketones is 1. The van der Waals surface area contributed by atoms with Gasteiger partial charge < -0.3 is 19.7 Å². The summed E-state index contributed by atoms with van der Waals surface area (Å²) in [6.07, 6.45) is 0.942. The van der Waals surface area contributed by atoms with E-state index in [0.717, 1.165) is 30.0 Å². The number of esters is 2. The van der Waals surface area contributed by atoms with Crippen molar-refractivity contribution in [3.8, 4) is 0 Å². The zero-order valence-corrected chi connectivity index (χ0v) is 21.9. The summed E-state index contributed by atoms with van der Waals surface area (Å²) < 4.78 is 10.7. The third-order valence-electron chi connectivity index (χ3n) is 7.20. The van der Waals surface area contributed by atoms with E-state index < -0.39 is 23.8 Å². The highest BCUT2D eigenvalue weighted by Gasteiger charge is 2.47. The van der Waals surface area contributed by atoms with E-state index in [4.69, 9.17) is 9.47 Å². The number of nitrogens with one attached hydrogen (secondary N) is 1. The van der Waals surface area contributed by atoms with Crippen LogP contribution in [0.5, 0.6) is 0 Å². The maximum atomic E-state index is 13.8. The largest absolute Gasteiger partial charge is 0.468 e. The van der Waals surface area contributed by atoms with Gasteiger partial charge in [0.2, 0.25) is 0 Å². The molecule has 0 saturated heterocycles. The van der Waals surface area contributed by atoms with Crippen molar-refractivity contribution in [2.75, 3.05) is 25.1 Å². The van der Waals surface area contributed by atoms with Crippen LogP contribution >= 0.6 is 0 Å². The van der Waals surface area contributed by atoms with Crippen molar-refractivity contribution in [2.45, 2.75) is 66.4 Å². The Balaban J connectivity index is 2.15. The van der Waals surface area contributed by atoms with E-state index in [9.17, 15) is 14.4 Å². The van der Waals surface area contributed by atoms with Gasteiger partial charge in [-0.3, -0.25) is 9.59 Å². The summed E-state index contributed by atoms with van der Waals surface area (Å²) in [5.74, 6) is -3.02. The molecule has 0 aromatic heterocycles. The number of hydrogen-bond donors (Lipinski definition) is 1. The van der Waals surface area contributed by atoms with Crippen LogP contribution in [-0.4, -0.2) is 44.0 Å². The number of carbonyl (C=O) groups is 3. The smallest absolute Gasteiger partial charge is 0.337 e. The average molecular weight is 483 g/mol. The van der Waals surface area contributed by atoms with Crippen LogP contribution in [0.4, 0.5) is 5.69 Å². The van der Waals surface area contributed by atoms with Gasteiger partial charge in [-0.15, -0.1) is 0 Å². The van der Waals surface area contributed by atoms with Crippen molar-refractivity contribution in [3.63, 3.8) is 0 Å². The lowest BCUT2D eigenvalue weighted by molar-refractivity contribution is -0.151. The molecule has 0 bridgehead atoms. The molecule has 2 aliphatic rings. The first-order valence-electron chi connectivity index (χ1n) is 12.6. The van der Waals surface area contributed by atoms with Crippen molar-refractivity contribution in [2.24, 2.45) is 11.8 Å². The number of allylic oxidation sites excluding steroid dienone is 3. The van der Waals surface area contributed by atoms with Crippen molar-refractivity contribution in [1.29, 1.82) is 0 Å². The Bertz CT molecular complexity index is 1040. The predicted octanol–water partition coefficient (Wildman–Crippen LogP) is 4.49. The Hall–Kier alpha value is -3.09. The Morgan fingerprint density at radius 2 is 1.77 bits per heavy atom. The molecule has 1 heterocycles. The highest BCUT2D eigenvalue weighted by molar-refractivity contribution is 6.12. The molecular weight excluding hydrogens is 444 g/mol. The zero-order chi connectivity index (χ0) is 25.9. The number of Topliss-reactive ketones (excluding diaryl/α,β-unsaturated/α-hetero) is 1. The number of methoxy groups -OCH3 is 1. The summed E-state index contributed by atoms with van der Waals surface area (Å²) >= 11 is 0. The number of rotatable bonds is 8. The highest BCUT2D eigenvalue weighted by Crippen LogP contribution is 2.45. The van der Waals surface area contributed by atoms with Gasteiger partial charge in [0.1, 0.15) is 5.92 Å². The van der Waals surface area contributed by atoms with E-state index >= 15 is 0 Å². The van der Waals surface area contributed by atoms with Crippen LogP contribution in [0.25, 0.3) is 0 Å². The van der Waals surface area contributed by atoms with Gasteiger partial charge in [0.15, 0.2) is 5.78 Å². The number of hydrogen-bond acceptors (Lipinski definition) is 7. The summed E-state index contributed by atoms with van der Waals surface area (Å²) in [6.45, 7) is 13.5. The monoisotopic (exact) mass is 482 g/mol. The van der Waals surface area contributed by atoms with Crippen molar-refractivity contribution in [3.05, 3.63) is 52.4 Å². The van der Waals surface area contributed by atoms with Gasteiger partial charge in [0.05, 0.1) is 18.8 Å². The molecule has 0 amide bonds. The summed E-state index contributed by atoms with van der Waals surface area (Å²) in [4.78, 5) is 42.0. The molecule has 1 N–H and O–H groups in total. The minimum Gasteiger partial charge on any atom is -0.468 e. The molecule has 4 atom stereocenters. The lowest BCUT2D eigenvalue weighted by Crippen LogP contribution is -2.43. The molecule has 0 spiro atoms. The molecule has 35 heavy (non-hydrogen) atoms. The molecule has 1 aromatic carbocycles. The number of anilines is 1. The molecule has 1 aliphatic carbocycles. The molecule has 7 nitrogen and oxygen atoms in total. The van der Waals surface area contributed by atoms with Crippen molar-refractivity contribution in [1.82, 2.24) is 5.32 Å². The Morgan fingerprint density at radius 3 is 2.31 bits per heavy atom. The van der Waals surface area contributed by atoms with Crippen LogP contribution in [-0.2, 0) is 23.9 Å². The molecule has 0 unspecified atom stereocenters. The fraction of sp³-hybridized carbons (Fsp3) is 0.536. The second-order valence-electron chi connectivity index (χ2n) is 9.42. The molecule has 1 aromatic rings. The lowest BCUT2D eigenvalue weighted by Gasteiger charge is -2.38. The van der Waals surface area contributed by atoms with E-state index in [2.05, 4.69) is 24.1 Å². The first-order chi connectivity index (χ1) is 16.7. The van der Waals surface area contributed by atoms with Crippen LogP contribution < -0.4 is 10.2 Å². The molecule has 0 radical (unpaired) electrons. The summed E-state index contributed by atoms with van der Waals surface area (Å²) in [5, 5.41) is 3.30. The fourth-order valence-corrected chi connectivity index (χ4v) is 5.08. The van der Waals surface area contributed by atoms with Crippen LogP contribution in [0.15, 0.2) is 46.8 Å². The maximum absolute atomic E-state index is 13.8. The quantitative estimate of drug-likeness (QED) is 0.432. The number of nitrogens with zero attached hydrogens (tertiary/aromatic N) is 1. The van der Waals surface area contributed by atoms with Gasteiger partial charge in [-0.25, -0.2) is 4.79 Å². The van der Waals surface area contributed by atoms with Crippen LogP contribution in [0.2, 0.25) is 0 Å². The maximum Gasteiger partial charge on any atom is 0.337 e. The third-order valence-corrected chi connectivity index (χ3v) is 7.20. The third kappa shape index (κ3) is 5.14. The normalized spacial score (nSPS) is 22.8. The van der Waals surface area contributed by atoms with Crippen molar-refractivity contribution >= 4 is 23.4 Å². The predicted molar refractivity (Wildman–Crippen MR) is 136 cm³/mol.